The molecular weight excluding hydrogens is 561 g/mol. The predicted molar refractivity (Wildman–Crippen MR) is 156 cm³/mol. The van der Waals surface area contributed by atoms with Gasteiger partial charge in [-0.25, -0.2) is 14.8 Å². The quantitative estimate of drug-likeness (QED) is 0.320. The third kappa shape index (κ3) is 8.42. The van der Waals surface area contributed by atoms with E-state index in [0.29, 0.717) is 24.3 Å². The first-order valence-electron chi connectivity index (χ1n) is 14.2. The molecule has 1 fully saturated rings. The van der Waals surface area contributed by atoms with Crippen LogP contribution in [0.5, 0.6) is 0 Å². The molecule has 1 aliphatic rings. The number of pyridine rings is 1. The molecule has 1 aliphatic heterocycles. The average molecular weight is 599 g/mol. The van der Waals surface area contributed by atoms with Gasteiger partial charge >= 0.3 is 12.3 Å². The maximum atomic E-state index is 13.8. The molecule has 43 heavy (non-hydrogen) atoms. The lowest BCUT2D eigenvalue weighted by Crippen LogP contribution is -2.41. The molecule has 2 aromatic heterocycles. The fraction of sp³-hybridized carbons (Fsp3) is 0.452. The number of hydrogen-bond acceptors (Lipinski definition) is 7. The van der Waals surface area contributed by atoms with Gasteiger partial charge in [-0.15, -0.1) is 0 Å². The highest BCUT2D eigenvalue weighted by Gasteiger charge is 2.35. The van der Waals surface area contributed by atoms with Crippen molar-refractivity contribution in [1.29, 1.82) is 0 Å². The highest BCUT2D eigenvalue weighted by molar-refractivity contribution is 5.81. The van der Waals surface area contributed by atoms with E-state index in [1.165, 1.54) is 0 Å². The van der Waals surface area contributed by atoms with Crippen molar-refractivity contribution in [2.45, 2.75) is 77.0 Å². The maximum Gasteiger partial charge on any atom is 0.419 e. The number of aromatic nitrogens is 3. The maximum absolute atomic E-state index is 13.8. The van der Waals surface area contributed by atoms with E-state index in [2.05, 4.69) is 20.3 Å². The molecule has 0 saturated carbocycles. The van der Waals surface area contributed by atoms with Crippen LogP contribution in [0.1, 0.15) is 80.5 Å². The Bertz CT molecular complexity index is 1430. The molecule has 4 rings (SSSR count). The van der Waals surface area contributed by atoms with Gasteiger partial charge in [0.25, 0.3) is 0 Å². The second-order valence-electron chi connectivity index (χ2n) is 11.7. The summed E-state index contributed by atoms with van der Waals surface area (Å²) in [7, 11) is 0. The number of alkyl halides is 3. The standard InChI is InChI=1S/C31H37F3N6O3/c1-19(27(35)41)23-8-6-5-7-20(23)9-11-26-24(31(32,33)34)18-37-28(39-26)38-22-10-12-25(36-17-22)21-13-15-40(16-14-21)29(42)43-30(2,3)4/h5-8,10,12,17-19,21H,9,11,13-16H2,1-4H3,(H2,35,41)(H,37,38,39). The summed E-state index contributed by atoms with van der Waals surface area (Å²) in [5.41, 5.74) is 6.65. The summed E-state index contributed by atoms with van der Waals surface area (Å²) in [5, 5.41) is 2.96. The number of primary amides is 1. The minimum Gasteiger partial charge on any atom is -0.444 e. The van der Waals surface area contributed by atoms with Crippen molar-refractivity contribution in [3.8, 4) is 0 Å². The average Bonchev–Trinajstić information content (AvgIpc) is 2.95. The van der Waals surface area contributed by atoms with Gasteiger partial charge in [0, 0.05) is 30.9 Å². The van der Waals surface area contributed by atoms with Crippen molar-refractivity contribution < 1.29 is 27.5 Å². The molecule has 1 unspecified atom stereocenters. The van der Waals surface area contributed by atoms with E-state index in [1.54, 1.807) is 48.4 Å². The van der Waals surface area contributed by atoms with Crippen LogP contribution in [-0.4, -0.2) is 50.5 Å². The number of hydrogen-bond donors (Lipinski definition) is 2. The second-order valence-corrected chi connectivity index (χ2v) is 11.7. The molecule has 1 atom stereocenters. The lowest BCUT2D eigenvalue weighted by atomic mass is 9.92. The lowest BCUT2D eigenvalue weighted by molar-refractivity contribution is -0.138. The van der Waals surface area contributed by atoms with Crippen LogP contribution in [0, 0.1) is 0 Å². The highest BCUT2D eigenvalue weighted by atomic mass is 19.4. The van der Waals surface area contributed by atoms with Gasteiger partial charge in [-0.3, -0.25) is 9.78 Å². The van der Waals surface area contributed by atoms with E-state index in [9.17, 15) is 22.8 Å². The summed E-state index contributed by atoms with van der Waals surface area (Å²) < 4.78 is 46.9. The number of piperidine rings is 1. The third-order valence-electron chi connectivity index (χ3n) is 7.36. The van der Waals surface area contributed by atoms with Gasteiger partial charge in [-0.1, -0.05) is 24.3 Å². The first kappa shape index (κ1) is 31.7. The van der Waals surface area contributed by atoms with Crippen LogP contribution in [0.25, 0.3) is 0 Å². The normalized spacial score (nSPS) is 15.2. The zero-order chi connectivity index (χ0) is 31.4. The zero-order valence-corrected chi connectivity index (χ0v) is 24.7. The summed E-state index contributed by atoms with van der Waals surface area (Å²) in [6.07, 6.45) is -0.878. The Kier molecular flexibility index (Phi) is 9.56. The largest absolute Gasteiger partial charge is 0.444 e. The number of ether oxygens (including phenoxy) is 1. The number of amides is 2. The van der Waals surface area contributed by atoms with E-state index in [-0.39, 0.29) is 36.5 Å². The number of carbonyl (C=O) groups is 2. The number of benzene rings is 1. The molecule has 0 aliphatic carbocycles. The summed E-state index contributed by atoms with van der Waals surface area (Å²) in [4.78, 5) is 38.5. The van der Waals surface area contributed by atoms with Crippen LogP contribution in [0.3, 0.4) is 0 Å². The number of anilines is 2. The second kappa shape index (κ2) is 13.0. The van der Waals surface area contributed by atoms with Crippen molar-refractivity contribution >= 4 is 23.6 Å². The molecule has 0 bridgehead atoms. The summed E-state index contributed by atoms with van der Waals surface area (Å²) in [5.74, 6) is -0.902. The number of halogens is 3. The molecule has 1 aromatic carbocycles. The highest BCUT2D eigenvalue weighted by Crippen LogP contribution is 2.33. The first-order chi connectivity index (χ1) is 20.2. The predicted octanol–water partition coefficient (Wildman–Crippen LogP) is 6.12. The van der Waals surface area contributed by atoms with Crippen LogP contribution in [0.15, 0.2) is 48.8 Å². The van der Waals surface area contributed by atoms with Crippen molar-refractivity contribution in [3.05, 3.63) is 76.9 Å². The third-order valence-corrected chi connectivity index (χ3v) is 7.36. The van der Waals surface area contributed by atoms with Gasteiger partial charge in [0.15, 0.2) is 0 Å². The van der Waals surface area contributed by atoms with Gasteiger partial charge < -0.3 is 20.7 Å². The van der Waals surface area contributed by atoms with E-state index in [4.69, 9.17) is 10.5 Å². The van der Waals surface area contributed by atoms with E-state index in [1.807, 2.05) is 26.8 Å². The fourth-order valence-corrected chi connectivity index (χ4v) is 5.03. The van der Waals surface area contributed by atoms with Crippen molar-refractivity contribution in [3.63, 3.8) is 0 Å². The first-order valence-corrected chi connectivity index (χ1v) is 14.2. The Morgan fingerprint density at radius 3 is 2.35 bits per heavy atom. The van der Waals surface area contributed by atoms with Crippen molar-refractivity contribution in [2.75, 3.05) is 18.4 Å². The van der Waals surface area contributed by atoms with Crippen molar-refractivity contribution in [1.82, 2.24) is 19.9 Å². The molecule has 9 nitrogen and oxygen atoms in total. The van der Waals surface area contributed by atoms with E-state index < -0.39 is 29.2 Å². The van der Waals surface area contributed by atoms with Gasteiger partial charge in [-0.05, 0) is 76.6 Å². The van der Waals surface area contributed by atoms with E-state index >= 15 is 0 Å². The number of carbonyl (C=O) groups excluding carboxylic acids is 2. The van der Waals surface area contributed by atoms with Gasteiger partial charge in [0.2, 0.25) is 11.9 Å². The molecule has 1 saturated heterocycles. The molecule has 3 heterocycles. The SMILES string of the molecule is CC(C(N)=O)c1ccccc1CCc1nc(Nc2ccc(C3CCN(C(=O)OC(C)(C)C)CC3)nc2)ncc1C(F)(F)F. The molecule has 3 N–H and O–H groups in total. The molecule has 0 spiro atoms. The molecule has 12 heteroatoms. The monoisotopic (exact) mass is 598 g/mol. The van der Waals surface area contributed by atoms with Crippen LogP contribution in [0.4, 0.5) is 29.6 Å². The van der Waals surface area contributed by atoms with Crippen molar-refractivity contribution in [2.24, 2.45) is 5.73 Å². The molecular formula is C31H37F3N6O3. The molecule has 230 valence electrons. The number of nitrogens with two attached hydrogens (primary N) is 1. The molecule has 0 radical (unpaired) electrons. The Morgan fingerprint density at radius 2 is 1.74 bits per heavy atom. The fourth-order valence-electron chi connectivity index (χ4n) is 5.03. The molecule has 2 amide bonds. The number of likely N-dealkylation sites (tertiary alicyclic amines) is 1. The Balaban J connectivity index is 1.43. The number of aryl methyl sites for hydroxylation is 2. The molecule has 3 aromatic rings. The van der Waals surface area contributed by atoms with Gasteiger partial charge in [0.05, 0.1) is 29.1 Å². The Labute approximate surface area is 249 Å². The minimum absolute atomic E-state index is 0.0157. The zero-order valence-electron chi connectivity index (χ0n) is 24.7. The van der Waals surface area contributed by atoms with E-state index in [0.717, 1.165) is 30.3 Å². The Morgan fingerprint density at radius 1 is 1.05 bits per heavy atom. The summed E-state index contributed by atoms with van der Waals surface area (Å²) in [6, 6.07) is 10.7. The van der Waals surface area contributed by atoms with Crippen LogP contribution in [-0.2, 0) is 28.5 Å². The number of nitrogens with one attached hydrogen (secondary N) is 1. The Hall–Kier alpha value is -4.22. The van der Waals surface area contributed by atoms with Crippen LogP contribution >= 0.6 is 0 Å². The minimum atomic E-state index is -4.63. The summed E-state index contributed by atoms with van der Waals surface area (Å²) >= 11 is 0. The summed E-state index contributed by atoms with van der Waals surface area (Å²) in [6.45, 7) is 8.30. The van der Waals surface area contributed by atoms with Gasteiger partial charge in [0.1, 0.15) is 5.60 Å². The topological polar surface area (TPSA) is 123 Å². The number of nitrogens with zero attached hydrogens (tertiary/aromatic N) is 4. The lowest BCUT2D eigenvalue weighted by Gasteiger charge is -2.33. The van der Waals surface area contributed by atoms with Crippen LogP contribution in [0.2, 0.25) is 0 Å². The number of rotatable bonds is 8. The van der Waals surface area contributed by atoms with Crippen LogP contribution < -0.4 is 11.1 Å². The smallest absolute Gasteiger partial charge is 0.419 e. The van der Waals surface area contributed by atoms with Gasteiger partial charge in [-0.2, -0.15) is 13.2 Å².